The van der Waals surface area contributed by atoms with Crippen molar-refractivity contribution >= 4 is 0 Å². The first-order valence-electron chi connectivity index (χ1n) is 6.43. The van der Waals surface area contributed by atoms with Gasteiger partial charge < -0.3 is 4.57 Å². The third-order valence-corrected chi connectivity index (χ3v) is 3.25. The van der Waals surface area contributed by atoms with Gasteiger partial charge in [-0.15, -0.1) is 0 Å². The first-order valence-corrected chi connectivity index (χ1v) is 6.43. The lowest BCUT2D eigenvalue weighted by Gasteiger charge is -2.15. The van der Waals surface area contributed by atoms with Crippen molar-refractivity contribution in [3.05, 3.63) is 33.7 Å². The monoisotopic (exact) mass is 257 g/mol. The summed E-state index contributed by atoms with van der Waals surface area (Å²) in [6.45, 7) is 6.30. The van der Waals surface area contributed by atoms with Crippen LogP contribution < -0.4 is 5.56 Å². The normalized spacial score (nSPS) is 10.8. The molecule has 0 amide bonds. The van der Waals surface area contributed by atoms with Gasteiger partial charge >= 0.3 is 0 Å². The third-order valence-electron chi connectivity index (χ3n) is 3.25. The van der Waals surface area contributed by atoms with E-state index in [9.17, 15) is 4.79 Å². The minimum absolute atomic E-state index is 0.183. The third kappa shape index (κ3) is 3.96. The second-order valence-electron chi connectivity index (χ2n) is 5.41. The van der Waals surface area contributed by atoms with Gasteiger partial charge in [-0.2, -0.15) is 10.5 Å². The molecule has 0 atom stereocenters. The molecule has 0 spiro atoms. The van der Waals surface area contributed by atoms with Gasteiger partial charge in [-0.05, 0) is 45.7 Å². The molecule has 1 rings (SSSR count). The van der Waals surface area contributed by atoms with Crippen molar-refractivity contribution in [1.29, 1.82) is 10.5 Å². The van der Waals surface area contributed by atoms with Crippen LogP contribution in [0.5, 0.6) is 0 Å². The van der Waals surface area contributed by atoms with Crippen molar-refractivity contribution in [1.82, 2.24) is 4.57 Å². The molecule has 0 saturated heterocycles. The molecule has 0 bridgehead atoms. The molecule has 0 radical (unpaired) electrons. The molecule has 4 heteroatoms. The summed E-state index contributed by atoms with van der Waals surface area (Å²) >= 11 is 0. The van der Waals surface area contributed by atoms with E-state index in [0.29, 0.717) is 6.54 Å². The number of unbranched alkanes of at least 4 members (excludes halogenated alkanes) is 1. The second-order valence-corrected chi connectivity index (χ2v) is 5.41. The Labute approximate surface area is 113 Å². The lowest BCUT2D eigenvalue weighted by Crippen LogP contribution is -2.24. The van der Waals surface area contributed by atoms with Gasteiger partial charge in [0.15, 0.2) is 0 Å². The van der Waals surface area contributed by atoms with Crippen LogP contribution in [0.1, 0.15) is 44.4 Å². The van der Waals surface area contributed by atoms with Crippen LogP contribution >= 0.6 is 0 Å². The number of rotatable bonds is 5. The van der Waals surface area contributed by atoms with Crippen LogP contribution in [0.25, 0.3) is 0 Å². The fourth-order valence-electron chi connectivity index (χ4n) is 1.93. The standard InChI is InChI=1S/C15H19N3O/c1-12-6-7-13(10-16)14(19)18(12)9-5-4-8-15(2,3)11-17/h6-7H,4-5,8-9H2,1-3H3. The maximum Gasteiger partial charge on any atom is 0.268 e. The molecule has 1 heterocycles. The predicted octanol–water partition coefficient (Wildman–Crippen LogP) is 2.75. The van der Waals surface area contributed by atoms with E-state index >= 15 is 0 Å². The molecule has 0 N–H and O–H groups in total. The Kier molecular flexibility index (Phi) is 4.89. The maximum absolute atomic E-state index is 12.0. The van der Waals surface area contributed by atoms with Crippen LogP contribution in [0.2, 0.25) is 0 Å². The van der Waals surface area contributed by atoms with E-state index in [4.69, 9.17) is 10.5 Å². The minimum Gasteiger partial charge on any atom is -0.312 e. The van der Waals surface area contributed by atoms with E-state index in [-0.39, 0.29) is 16.5 Å². The molecule has 0 unspecified atom stereocenters. The molecular weight excluding hydrogens is 238 g/mol. The molecule has 0 fully saturated rings. The fraction of sp³-hybridized carbons (Fsp3) is 0.533. The number of nitrogens with zero attached hydrogens (tertiary/aromatic N) is 3. The number of nitriles is 2. The zero-order chi connectivity index (χ0) is 14.5. The van der Waals surface area contributed by atoms with E-state index in [1.807, 2.05) is 26.8 Å². The Morgan fingerprint density at radius 1 is 1.26 bits per heavy atom. The summed E-state index contributed by atoms with van der Waals surface area (Å²) in [6.07, 6.45) is 2.54. The lowest BCUT2D eigenvalue weighted by atomic mass is 9.89. The number of hydrogen-bond acceptors (Lipinski definition) is 3. The molecule has 100 valence electrons. The van der Waals surface area contributed by atoms with Gasteiger partial charge in [-0.1, -0.05) is 6.42 Å². The molecule has 0 aliphatic heterocycles. The smallest absolute Gasteiger partial charge is 0.268 e. The van der Waals surface area contributed by atoms with Crippen molar-refractivity contribution in [2.45, 2.75) is 46.6 Å². The van der Waals surface area contributed by atoms with Gasteiger partial charge in [0, 0.05) is 12.2 Å². The summed E-state index contributed by atoms with van der Waals surface area (Å²) in [5.41, 5.74) is 0.516. The highest BCUT2D eigenvalue weighted by Crippen LogP contribution is 2.21. The van der Waals surface area contributed by atoms with Gasteiger partial charge in [-0.25, -0.2) is 0 Å². The second kappa shape index (κ2) is 6.20. The number of hydrogen-bond donors (Lipinski definition) is 0. The number of aromatic nitrogens is 1. The van der Waals surface area contributed by atoms with E-state index in [2.05, 4.69) is 6.07 Å². The maximum atomic E-state index is 12.0. The van der Waals surface area contributed by atoms with E-state index in [1.165, 1.54) is 0 Å². The molecule has 1 aromatic heterocycles. The highest BCUT2D eigenvalue weighted by atomic mass is 16.1. The zero-order valence-electron chi connectivity index (χ0n) is 11.7. The van der Waals surface area contributed by atoms with Crippen LogP contribution in [-0.4, -0.2) is 4.57 Å². The van der Waals surface area contributed by atoms with E-state index < -0.39 is 0 Å². The van der Waals surface area contributed by atoms with Crippen molar-refractivity contribution in [3.8, 4) is 12.1 Å². The average Bonchev–Trinajstić information content (AvgIpc) is 2.38. The first kappa shape index (κ1) is 15.0. The molecule has 0 saturated carbocycles. The lowest BCUT2D eigenvalue weighted by molar-refractivity contribution is 0.414. The highest BCUT2D eigenvalue weighted by Gasteiger charge is 2.15. The molecule has 0 aliphatic carbocycles. The molecule has 0 aromatic carbocycles. The van der Waals surface area contributed by atoms with Crippen molar-refractivity contribution < 1.29 is 0 Å². The number of aryl methyl sites for hydroxylation is 1. The van der Waals surface area contributed by atoms with Crippen LogP contribution in [0.4, 0.5) is 0 Å². The van der Waals surface area contributed by atoms with Gasteiger partial charge in [0.05, 0.1) is 11.5 Å². The van der Waals surface area contributed by atoms with Crippen molar-refractivity contribution in [2.24, 2.45) is 5.41 Å². The molecule has 0 aliphatic rings. The number of pyridine rings is 1. The zero-order valence-corrected chi connectivity index (χ0v) is 11.7. The summed E-state index contributed by atoms with van der Waals surface area (Å²) in [6, 6.07) is 7.53. The quantitative estimate of drug-likeness (QED) is 0.761. The largest absolute Gasteiger partial charge is 0.312 e. The van der Waals surface area contributed by atoms with Crippen molar-refractivity contribution in [3.63, 3.8) is 0 Å². The minimum atomic E-state index is -0.311. The van der Waals surface area contributed by atoms with Crippen LogP contribution in [0.15, 0.2) is 16.9 Å². The Morgan fingerprint density at radius 3 is 2.53 bits per heavy atom. The molecule has 4 nitrogen and oxygen atoms in total. The Bertz CT molecular complexity index is 585. The fourth-order valence-corrected chi connectivity index (χ4v) is 1.93. The molecule has 19 heavy (non-hydrogen) atoms. The van der Waals surface area contributed by atoms with Gasteiger partial charge in [-0.3, -0.25) is 4.79 Å². The summed E-state index contributed by atoms with van der Waals surface area (Å²) in [7, 11) is 0. The van der Waals surface area contributed by atoms with Crippen LogP contribution in [0.3, 0.4) is 0 Å². The Hall–Kier alpha value is -2.07. The SMILES string of the molecule is Cc1ccc(C#N)c(=O)n1CCCCC(C)(C)C#N. The van der Waals surface area contributed by atoms with Gasteiger partial charge in [0.25, 0.3) is 5.56 Å². The molecule has 1 aromatic rings. The average molecular weight is 257 g/mol. The van der Waals surface area contributed by atoms with Crippen LogP contribution in [0, 0.1) is 35.0 Å². The van der Waals surface area contributed by atoms with Gasteiger partial charge in [0.1, 0.15) is 11.6 Å². The topological polar surface area (TPSA) is 69.6 Å². The summed E-state index contributed by atoms with van der Waals surface area (Å²) in [5.74, 6) is 0. The van der Waals surface area contributed by atoms with Gasteiger partial charge in [0.2, 0.25) is 0 Å². The Morgan fingerprint density at radius 2 is 1.95 bits per heavy atom. The van der Waals surface area contributed by atoms with Crippen LogP contribution in [-0.2, 0) is 6.54 Å². The highest BCUT2D eigenvalue weighted by molar-refractivity contribution is 5.27. The predicted molar refractivity (Wildman–Crippen MR) is 73.4 cm³/mol. The first-order chi connectivity index (χ1) is 8.91. The summed E-state index contributed by atoms with van der Waals surface area (Å²) in [5, 5.41) is 17.8. The molecular formula is C15H19N3O. The summed E-state index contributed by atoms with van der Waals surface area (Å²) in [4.78, 5) is 12.0. The Balaban J connectivity index is 2.68. The van der Waals surface area contributed by atoms with E-state index in [1.54, 1.807) is 16.7 Å². The van der Waals surface area contributed by atoms with E-state index in [0.717, 1.165) is 25.0 Å². The summed E-state index contributed by atoms with van der Waals surface area (Å²) < 4.78 is 1.64. The van der Waals surface area contributed by atoms with Crippen molar-refractivity contribution in [2.75, 3.05) is 0 Å².